The summed E-state index contributed by atoms with van der Waals surface area (Å²) in [7, 11) is 8.52. The maximum atomic E-state index is 4.56. The molecule has 0 rings (SSSR count). The van der Waals surface area contributed by atoms with Crippen LogP contribution in [-0.4, -0.2) is 55.0 Å². The second-order valence-electron chi connectivity index (χ2n) is 9.49. The van der Waals surface area contributed by atoms with Crippen LogP contribution in [0.1, 0.15) is 117 Å². The molecule has 0 aliphatic rings. The van der Waals surface area contributed by atoms with E-state index in [2.05, 4.69) is 52.8 Å². The minimum absolute atomic E-state index is 0.509. The van der Waals surface area contributed by atoms with Crippen LogP contribution < -0.4 is 0 Å². The quantitative estimate of drug-likeness (QED) is 0.0917. The van der Waals surface area contributed by atoms with E-state index in [1.807, 2.05) is 14.1 Å². The zero-order valence-corrected chi connectivity index (χ0v) is 22.6. The summed E-state index contributed by atoms with van der Waals surface area (Å²) in [5, 5.41) is 0. The van der Waals surface area contributed by atoms with Gasteiger partial charge in [-0.2, -0.15) is 0 Å². The number of thiocarbonyl (C=S) groups is 1. The van der Waals surface area contributed by atoms with Crippen LogP contribution >= 0.6 is 12.2 Å². The number of unbranched alkanes of at least 4 members (excludes halogenated alkanes) is 14. The van der Waals surface area contributed by atoms with Gasteiger partial charge in [0.05, 0.1) is 27.2 Å². The van der Waals surface area contributed by atoms with E-state index in [0.29, 0.717) is 4.32 Å². The van der Waals surface area contributed by atoms with Gasteiger partial charge in [-0.3, -0.25) is 0 Å². The van der Waals surface area contributed by atoms with Gasteiger partial charge in [-0.05, 0) is 25.7 Å². The first-order chi connectivity index (χ1) is 13.8. The Balaban J connectivity index is 0. The van der Waals surface area contributed by atoms with Crippen molar-refractivity contribution >= 4 is 29.2 Å². The normalized spacial score (nSPS) is 11.1. The molecule has 0 fully saturated rings. The Morgan fingerprint density at radius 1 is 0.621 bits per heavy atom. The van der Waals surface area contributed by atoms with Gasteiger partial charge in [0.1, 0.15) is 0 Å². The van der Waals surface area contributed by atoms with E-state index in [9.17, 15) is 0 Å². The molecular formula is C25H54N2S2. The Morgan fingerprint density at radius 3 is 1.10 bits per heavy atom. The van der Waals surface area contributed by atoms with Gasteiger partial charge in [0.25, 0.3) is 0 Å². The van der Waals surface area contributed by atoms with Crippen molar-refractivity contribution in [1.29, 1.82) is 0 Å². The Hall–Kier alpha value is 0.0700. The summed E-state index contributed by atoms with van der Waals surface area (Å²) in [6.07, 6.45) is 23.0. The van der Waals surface area contributed by atoms with Crippen molar-refractivity contribution in [3.8, 4) is 0 Å². The van der Waals surface area contributed by atoms with Crippen LogP contribution in [0.3, 0.4) is 0 Å². The van der Waals surface area contributed by atoms with E-state index < -0.39 is 0 Å². The van der Waals surface area contributed by atoms with Crippen molar-refractivity contribution in [3.63, 3.8) is 0 Å². The zero-order chi connectivity index (χ0) is 22.4. The molecule has 0 atom stereocenters. The zero-order valence-electron chi connectivity index (χ0n) is 20.9. The summed E-state index contributed by atoms with van der Waals surface area (Å²) in [6, 6.07) is 0. The van der Waals surface area contributed by atoms with E-state index in [1.165, 1.54) is 120 Å². The molecule has 0 heterocycles. The minimum atomic E-state index is 0.509. The molecule has 0 aliphatic carbocycles. The summed E-state index contributed by atoms with van der Waals surface area (Å²) in [5.74, 6) is 0. The lowest BCUT2D eigenvalue weighted by molar-refractivity contribution is -0.890. The predicted octanol–water partition coefficient (Wildman–Crippen LogP) is 7.72. The molecule has 29 heavy (non-hydrogen) atoms. The van der Waals surface area contributed by atoms with Gasteiger partial charge in [0, 0.05) is 14.1 Å². The first kappa shape index (κ1) is 31.3. The Labute approximate surface area is 196 Å². The molecule has 0 N–H and O–H groups in total. The summed E-state index contributed by atoms with van der Waals surface area (Å²) in [4.78, 5) is 1.71. The van der Waals surface area contributed by atoms with Gasteiger partial charge < -0.3 is 34.2 Å². The van der Waals surface area contributed by atoms with Crippen molar-refractivity contribution in [2.75, 3.05) is 41.3 Å². The molecular weight excluding hydrogens is 392 g/mol. The molecule has 0 unspecified atom stereocenters. The number of hydrogen-bond acceptors (Lipinski definition) is 2. The van der Waals surface area contributed by atoms with Gasteiger partial charge in [-0.1, -0.05) is 95.2 Å². The van der Waals surface area contributed by atoms with Crippen molar-refractivity contribution in [1.82, 2.24) is 4.90 Å². The van der Waals surface area contributed by atoms with Gasteiger partial charge in [-0.25, -0.2) is 0 Å². The largest absolute Gasteiger partial charge is 0.411 e. The van der Waals surface area contributed by atoms with Crippen LogP contribution in [0.2, 0.25) is 0 Å². The van der Waals surface area contributed by atoms with E-state index in [4.69, 9.17) is 0 Å². The highest BCUT2D eigenvalue weighted by Gasteiger charge is 2.13. The van der Waals surface area contributed by atoms with Gasteiger partial charge >= 0.3 is 0 Å². The van der Waals surface area contributed by atoms with Gasteiger partial charge in [-0.15, -0.1) is 0 Å². The monoisotopic (exact) mass is 446 g/mol. The van der Waals surface area contributed by atoms with E-state index >= 15 is 0 Å². The second kappa shape index (κ2) is 22.7. The van der Waals surface area contributed by atoms with Crippen molar-refractivity contribution < 1.29 is 4.48 Å². The van der Waals surface area contributed by atoms with Crippen LogP contribution in [0.5, 0.6) is 0 Å². The topological polar surface area (TPSA) is 3.24 Å². The Kier molecular flexibility index (Phi) is 24.5. The Bertz CT molecular complexity index is 322. The molecule has 0 amide bonds. The number of rotatable bonds is 18. The van der Waals surface area contributed by atoms with Crippen molar-refractivity contribution in [2.24, 2.45) is 0 Å². The van der Waals surface area contributed by atoms with Gasteiger partial charge in [0.15, 0.2) is 0 Å². The van der Waals surface area contributed by atoms with E-state index in [0.717, 1.165) is 0 Å². The first-order valence-corrected chi connectivity index (χ1v) is 13.3. The average Bonchev–Trinajstić information content (AvgIpc) is 2.66. The third-order valence-electron chi connectivity index (χ3n) is 5.60. The molecule has 0 spiro atoms. The maximum Gasteiger partial charge on any atom is 0.0782 e. The van der Waals surface area contributed by atoms with Crippen LogP contribution in [0.4, 0.5) is 0 Å². The van der Waals surface area contributed by atoms with Crippen molar-refractivity contribution in [2.45, 2.75) is 117 Å². The van der Waals surface area contributed by atoms with Crippen LogP contribution in [0.15, 0.2) is 0 Å². The highest BCUT2D eigenvalue weighted by Crippen LogP contribution is 2.13. The third kappa shape index (κ3) is 28.1. The lowest BCUT2D eigenvalue weighted by Crippen LogP contribution is -2.41. The average molecular weight is 447 g/mol. The van der Waals surface area contributed by atoms with E-state index in [1.54, 1.807) is 4.90 Å². The SMILES string of the molecule is CCCCCCCCCC[N+](C)(C)CCCCCCCCCC.CN(C)C(=S)[S-]. The second-order valence-corrected chi connectivity index (χ2v) is 10.5. The molecule has 176 valence electrons. The highest BCUT2D eigenvalue weighted by atomic mass is 32.1. The molecule has 4 heteroatoms. The fourth-order valence-corrected chi connectivity index (χ4v) is 3.46. The standard InChI is InChI=1S/C22H48N.C3H7NS2/c1-5-7-9-11-13-15-17-19-21-23(3,4)22-20-18-16-14-12-10-8-6-2;1-4(2)3(5)6/h5-22H2,1-4H3;1-2H3,(H,5,6)/q+1;/p-1. The lowest BCUT2D eigenvalue weighted by Gasteiger charge is -2.30. The summed E-state index contributed by atoms with van der Waals surface area (Å²) >= 11 is 9.12. The fraction of sp³-hybridized carbons (Fsp3) is 0.960. The minimum Gasteiger partial charge on any atom is -0.411 e. The van der Waals surface area contributed by atoms with Gasteiger partial charge in [0.2, 0.25) is 0 Å². The van der Waals surface area contributed by atoms with Crippen LogP contribution in [0, 0.1) is 0 Å². The molecule has 2 nitrogen and oxygen atoms in total. The lowest BCUT2D eigenvalue weighted by atomic mass is 10.1. The third-order valence-corrected chi connectivity index (χ3v) is 6.33. The molecule has 0 aliphatic heterocycles. The summed E-state index contributed by atoms with van der Waals surface area (Å²) < 4.78 is 1.75. The van der Waals surface area contributed by atoms with Crippen LogP contribution in [0.25, 0.3) is 0 Å². The molecule has 0 bridgehead atoms. The molecule has 0 aromatic heterocycles. The molecule has 0 aromatic rings. The molecule has 0 aromatic carbocycles. The first-order valence-electron chi connectivity index (χ1n) is 12.5. The maximum absolute atomic E-state index is 4.56. The molecule has 0 radical (unpaired) electrons. The van der Waals surface area contributed by atoms with Crippen LogP contribution in [-0.2, 0) is 12.6 Å². The fourth-order valence-electron chi connectivity index (χ4n) is 3.46. The van der Waals surface area contributed by atoms with E-state index in [-0.39, 0.29) is 0 Å². The Morgan fingerprint density at radius 2 is 0.862 bits per heavy atom. The number of quaternary nitrogens is 1. The summed E-state index contributed by atoms with van der Waals surface area (Å²) in [6.45, 7) is 7.36. The molecule has 0 saturated heterocycles. The number of nitrogens with zero attached hydrogens (tertiary/aromatic N) is 2. The number of hydrogen-bond donors (Lipinski definition) is 0. The predicted molar refractivity (Wildman–Crippen MR) is 141 cm³/mol. The van der Waals surface area contributed by atoms with Crippen molar-refractivity contribution in [3.05, 3.63) is 0 Å². The smallest absolute Gasteiger partial charge is 0.0782 e. The summed E-state index contributed by atoms with van der Waals surface area (Å²) in [5.41, 5.74) is 0. The molecule has 0 saturated carbocycles. The highest BCUT2D eigenvalue weighted by molar-refractivity contribution is 8.00.